The van der Waals surface area contributed by atoms with Crippen LogP contribution in [0, 0.1) is 0 Å². The zero-order valence-corrected chi connectivity index (χ0v) is 51.6. The van der Waals surface area contributed by atoms with Gasteiger partial charge in [0.05, 0.1) is 0 Å². The molecule has 0 N–H and O–H groups in total. The summed E-state index contributed by atoms with van der Waals surface area (Å²) in [6, 6.07) is 0. The van der Waals surface area contributed by atoms with Gasteiger partial charge in [0.1, 0.15) is 13.2 Å². The average Bonchev–Trinajstić information content (AvgIpc) is 3.42. The molecule has 0 spiro atoms. The minimum atomic E-state index is -0.765. The summed E-state index contributed by atoms with van der Waals surface area (Å²) >= 11 is 0. The van der Waals surface area contributed by atoms with Gasteiger partial charge in [0.2, 0.25) is 0 Å². The van der Waals surface area contributed by atoms with Gasteiger partial charge in [-0.1, -0.05) is 340 Å². The summed E-state index contributed by atoms with van der Waals surface area (Å²) < 4.78 is 16.9. The minimum Gasteiger partial charge on any atom is -0.462 e. The molecule has 76 heavy (non-hydrogen) atoms. The average molecular weight is 1070 g/mol. The number of rotatable bonds is 64. The fraction of sp³-hybridized carbons (Fsp3) is 0.900. The van der Waals surface area contributed by atoms with Crippen LogP contribution in [0.5, 0.6) is 0 Å². The summed E-state index contributed by atoms with van der Waals surface area (Å²) in [5, 5.41) is 0. The molecule has 0 aliphatic heterocycles. The van der Waals surface area contributed by atoms with Crippen LogP contribution < -0.4 is 0 Å². The van der Waals surface area contributed by atoms with Gasteiger partial charge in [-0.05, 0) is 51.4 Å². The highest BCUT2D eigenvalue weighted by molar-refractivity contribution is 5.71. The molecule has 0 aliphatic rings. The lowest BCUT2D eigenvalue weighted by Crippen LogP contribution is -2.30. The van der Waals surface area contributed by atoms with Gasteiger partial charge in [0, 0.05) is 19.3 Å². The van der Waals surface area contributed by atoms with Crippen molar-refractivity contribution in [3.63, 3.8) is 0 Å². The van der Waals surface area contributed by atoms with Gasteiger partial charge in [-0.25, -0.2) is 0 Å². The van der Waals surface area contributed by atoms with Crippen molar-refractivity contribution in [1.82, 2.24) is 0 Å². The van der Waals surface area contributed by atoms with E-state index in [2.05, 4.69) is 45.1 Å². The van der Waals surface area contributed by atoms with Crippen molar-refractivity contribution < 1.29 is 28.6 Å². The lowest BCUT2D eigenvalue weighted by molar-refractivity contribution is -0.167. The first kappa shape index (κ1) is 73.9. The first-order chi connectivity index (χ1) is 37.5. The molecule has 0 saturated carbocycles. The van der Waals surface area contributed by atoms with E-state index >= 15 is 0 Å². The molecule has 0 heterocycles. The molecule has 0 amide bonds. The Morgan fingerprint density at radius 1 is 0.263 bits per heavy atom. The first-order valence-electron chi connectivity index (χ1n) is 34.3. The molecule has 0 radical (unpaired) electrons. The Hall–Kier alpha value is -2.11. The van der Waals surface area contributed by atoms with Gasteiger partial charge in [-0.15, -0.1) is 0 Å². The first-order valence-corrected chi connectivity index (χ1v) is 34.3. The van der Waals surface area contributed by atoms with E-state index in [1.54, 1.807) is 0 Å². The van der Waals surface area contributed by atoms with Gasteiger partial charge in [-0.3, -0.25) is 14.4 Å². The Kier molecular flexibility index (Phi) is 63.6. The van der Waals surface area contributed by atoms with E-state index in [1.807, 2.05) is 0 Å². The number of unbranched alkanes of at least 4 members (excludes halogenated alkanes) is 49. The molecule has 0 aromatic rings. The van der Waals surface area contributed by atoms with E-state index in [1.165, 1.54) is 283 Å². The van der Waals surface area contributed by atoms with Crippen LogP contribution in [0.25, 0.3) is 0 Å². The number of carbonyl (C=O) groups is 3. The third-order valence-electron chi connectivity index (χ3n) is 15.7. The van der Waals surface area contributed by atoms with E-state index in [0.717, 1.165) is 64.2 Å². The molecule has 1 atom stereocenters. The maximum absolute atomic E-state index is 12.9. The number of ether oxygens (including phenoxy) is 3. The molecular weight excluding hydrogens is 937 g/mol. The van der Waals surface area contributed by atoms with Crippen LogP contribution in [-0.2, 0) is 28.6 Å². The Balaban J connectivity index is 4.08. The van der Waals surface area contributed by atoms with Crippen molar-refractivity contribution in [3.05, 3.63) is 24.3 Å². The number of hydrogen-bond donors (Lipinski definition) is 0. The smallest absolute Gasteiger partial charge is 0.306 e. The number of carbonyl (C=O) groups excluding carboxylic acids is 3. The van der Waals surface area contributed by atoms with Gasteiger partial charge < -0.3 is 14.2 Å². The summed E-state index contributed by atoms with van der Waals surface area (Å²) in [5.41, 5.74) is 0. The standard InChI is InChI=1S/C70H132O6/c1-4-7-10-13-16-19-22-24-26-28-29-30-31-32-33-34-35-36-37-38-39-40-41-42-44-45-48-51-54-57-60-63-69(72)75-66-67(65-74-68(71)62-59-56-53-50-47-21-18-15-12-9-6-3)76-70(73)64-61-58-55-52-49-46-43-27-25-23-20-17-14-11-8-5-2/h22,24,28-29,67H,4-21,23,25-27,30-66H2,1-3H3/b24-22-,29-28-. The van der Waals surface area contributed by atoms with E-state index < -0.39 is 6.10 Å². The predicted octanol–water partition coefficient (Wildman–Crippen LogP) is 23.4. The third kappa shape index (κ3) is 62.7. The molecule has 0 rings (SSSR count). The fourth-order valence-corrected chi connectivity index (χ4v) is 10.5. The molecule has 0 saturated heterocycles. The van der Waals surface area contributed by atoms with Crippen LogP contribution in [0.2, 0.25) is 0 Å². The minimum absolute atomic E-state index is 0.0634. The van der Waals surface area contributed by atoms with E-state index in [-0.39, 0.29) is 31.1 Å². The molecule has 0 aliphatic carbocycles. The molecule has 0 aromatic carbocycles. The van der Waals surface area contributed by atoms with Crippen LogP contribution >= 0.6 is 0 Å². The van der Waals surface area contributed by atoms with Gasteiger partial charge in [-0.2, -0.15) is 0 Å². The maximum Gasteiger partial charge on any atom is 0.306 e. The van der Waals surface area contributed by atoms with Crippen molar-refractivity contribution in [2.75, 3.05) is 13.2 Å². The molecule has 6 heteroatoms. The fourth-order valence-electron chi connectivity index (χ4n) is 10.5. The van der Waals surface area contributed by atoms with Crippen LogP contribution in [-0.4, -0.2) is 37.2 Å². The monoisotopic (exact) mass is 1070 g/mol. The summed E-state index contributed by atoms with van der Waals surface area (Å²) in [6.45, 7) is 6.69. The van der Waals surface area contributed by atoms with Crippen molar-refractivity contribution in [2.45, 2.75) is 393 Å². The lowest BCUT2D eigenvalue weighted by Gasteiger charge is -2.18. The quantitative estimate of drug-likeness (QED) is 0.0261. The van der Waals surface area contributed by atoms with Crippen LogP contribution in [0.4, 0.5) is 0 Å². The third-order valence-corrected chi connectivity index (χ3v) is 15.7. The summed E-state index contributed by atoms with van der Waals surface area (Å²) in [6.07, 6.45) is 79.3. The van der Waals surface area contributed by atoms with E-state index in [4.69, 9.17) is 14.2 Å². The van der Waals surface area contributed by atoms with Crippen LogP contribution in [0.15, 0.2) is 24.3 Å². The molecule has 1 unspecified atom stereocenters. The lowest BCUT2D eigenvalue weighted by atomic mass is 10.0. The van der Waals surface area contributed by atoms with Crippen molar-refractivity contribution in [1.29, 1.82) is 0 Å². The Morgan fingerprint density at radius 2 is 0.474 bits per heavy atom. The van der Waals surface area contributed by atoms with Crippen molar-refractivity contribution in [2.24, 2.45) is 0 Å². The second-order valence-electron chi connectivity index (χ2n) is 23.5. The second kappa shape index (κ2) is 65.4. The second-order valence-corrected chi connectivity index (χ2v) is 23.5. The Morgan fingerprint density at radius 3 is 0.724 bits per heavy atom. The predicted molar refractivity (Wildman–Crippen MR) is 330 cm³/mol. The van der Waals surface area contributed by atoms with E-state index in [0.29, 0.717) is 19.3 Å². The maximum atomic E-state index is 12.9. The number of esters is 3. The van der Waals surface area contributed by atoms with Crippen LogP contribution in [0.3, 0.4) is 0 Å². The normalized spacial score (nSPS) is 12.1. The Bertz CT molecular complexity index is 1230. The highest BCUT2D eigenvalue weighted by atomic mass is 16.6. The highest BCUT2D eigenvalue weighted by Gasteiger charge is 2.19. The largest absolute Gasteiger partial charge is 0.462 e. The number of allylic oxidation sites excluding steroid dienone is 4. The summed E-state index contributed by atoms with van der Waals surface area (Å²) in [5.74, 6) is -0.834. The van der Waals surface area contributed by atoms with Gasteiger partial charge in [0.25, 0.3) is 0 Å². The summed E-state index contributed by atoms with van der Waals surface area (Å²) in [4.78, 5) is 38.3. The van der Waals surface area contributed by atoms with Crippen molar-refractivity contribution >= 4 is 17.9 Å². The molecular formula is C70H132O6. The molecule has 6 nitrogen and oxygen atoms in total. The topological polar surface area (TPSA) is 78.9 Å². The van der Waals surface area contributed by atoms with Crippen LogP contribution in [0.1, 0.15) is 387 Å². The molecule has 448 valence electrons. The molecule has 0 aromatic heterocycles. The SMILES string of the molecule is CCCCCCC/C=C\C/C=C\CCCCCCCCCCCCCCCCCCCCCC(=O)OCC(COC(=O)CCCCCCCCCCCCC)OC(=O)CCCCCCCCCCCCCCCCCC. The van der Waals surface area contributed by atoms with Gasteiger partial charge in [0.15, 0.2) is 6.10 Å². The number of hydrogen-bond acceptors (Lipinski definition) is 6. The zero-order chi connectivity index (χ0) is 55.0. The van der Waals surface area contributed by atoms with Crippen molar-refractivity contribution in [3.8, 4) is 0 Å². The summed E-state index contributed by atoms with van der Waals surface area (Å²) in [7, 11) is 0. The Labute approximate surface area is 474 Å². The molecule has 0 bridgehead atoms. The molecule has 0 fully saturated rings. The van der Waals surface area contributed by atoms with Gasteiger partial charge >= 0.3 is 17.9 Å². The van der Waals surface area contributed by atoms with E-state index in [9.17, 15) is 14.4 Å². The highest BCUT2D eigenvalue weighted by Crippen LogP contribution is 2.18. The zero-order valence-electron chi connectivity index (χ0n) is 51.6.